The van der Waals surface area contributed by atoms with Crippen LogP contribution in [0.25, 0.3) is 85.6 Å². The fourth-order valence-electron chi connectivity index (χ4n) is 6.59. The first-order valence-corrected chi connectivity index (χ1v) is 19.8. The summed E-state index contributed by atoms with van der Waals surface area (Å²) in [6.45, 7) is 0. The average molecular weight is 945 g/mol. The SMILES string of the molecule is [Ir+3].[c-]1ccccc1-c1nc2ccccc2s1.[c-]1ccccc1-c1nc2ccccc2s1.c1ccc(-c2ccnc3c2ccc2c(-c4ccccc4)ccnc23)cc1. The minimum atomic E-state index is 0. The standard InChI is InChI=1S/C24H16N2.2C13H8NS.Ir/c1-3-7-17(8-4-1)19-13-15-25-23-21(19)11-12-22-20(14-16-26-24(22)23)18-9-5-2-6-10-18;2*1-2-6-10(7-3-1)13-14-11-8-4-5-9-12(11)15-13;/h1-16H;2*1-6,8-9H;/q;2*-1;+3. The molecule has 0 bridgehead atoms. The molecule has 0 atom stereocenters. The second kappa shape index (κ2) is 17.7. The zero-order valence-corrected chi connectivity index (χ0v) is 34.4. The van der Waals surface area contributed by atoms with E-state index in [1.54, 1.807) is 22.7 Å². The maximum atomic E-state index is 4.67. The fourth-order valence-corrected chi connectivity index (χ4v) is 8.50. The Hall–Kier alpha value is -6.21. The normalized spacial score (nSPS) is 10.7. The van der Waals surface area contributed by atoms with E-state index in [0.717, 1.165) is 54.0 Å². The van der Waals surface area contributed by atoms with Crippen molar-refractivity contribution < 1.29 is 20.1 Å². The maximum Gasteiger partial charge on any atom is 3.00 e. The van der Waals surface area contributed by atoms with Crippen molar-refractivity contribution in [3.63, 3.8) is 0 Å². The molecule has 11 rings (SSSR count). The molecule has 4 aromatic heterocycles. The van der Waals surface area contributed by atoms with E-state index in [-0.39, 0.29) is 20.1 Å². The van der Waals surface area contributed by atoms with Crippen LogP contribution in [0.2, 0.25) is 0 Å². The zero-order valence-electron chi connectivity index (χ0n) is 30.4. The molecule has 7 heteroatoms. The van der Waals surface area contributed by atoms with E-state index in [0.29, 0.717) is 0 Å². The first-order chi connectivity index (χ1) is 27.8. The van der Waals surface area contributed by atoms with E-state index in [2.05, 4.69) is 117 Å². The summed E-state index contributed by atoms with van der Waals surface area (Å²) in [5.41, 5.74) is 10.9. The number of thiazole rings is 2. The van der Waals surface area contributed by atoms with Gasteiger partial charge < -0.3 is 0 Å². The van der Waals surface area contributed by atoms with Crippen molar-refractivity contribution in [3.05, 3.63) is 207 Å². The summed E-state index contributed by atoms with van der Waals surface area (Å²) in [6, 6.07) is 68.0. The van der Waals surface area contributed by atoms with Gasteiger partial charge in [-0.05, 0) is 58.7 Å². The van der Waals surface area contributed by atoms with Crippen molar-refractivity contribution in [1.29, 1.82) is 0 Å². The van der Waals surface area contributed by atoms with Crippen molar-refractivity contribution >= 4 is 64.9 Å². The molecule has 0 spiro atoms. The summed E-state index contributed by atoms with van der Waals surface area (Å²) in [5, 5.41) is 4.33. The molecule has 4 nitrogen and oxygen atoms in total. The van der Waals surface area contributed by atoms with E-state index < -0.39 is 0 Å². The first kappa shape index (κ1) is 37.7. The van der Waals surface area contributed by atoms with Crippen LogP contribution in [-0.4, -0.2) is 19.9 Å². The molecular formula is C50H32IrN4S2+. The summed E-state index contributed by atoms with van der Waals surface area (Å²) >= 11 is 3.42. The van der Waals surface area contributed by atoms with Gasteiger partial charge in [0.25, 0.3) is 0 Å². The van der Waals surface area contributed by atoms with Gasteiger partial charge >= 0.3 is 20.1 Å². The number of fused-ring (bicyclic) bond motifs is 5. The van der Waals surface area contributed by atoms with Gasteiger partial charge in [-0.2, -0.15) is 22.7 Å². The molecule has 0 unspecified atom stereocenters. The summed E-state index contributed by atoms with van der Waals surface area (Å²) in [6.07, 6.45) is 3.75. The van der Waals surface area contributed by atoms with Gasteiger partial charge in [0, 0.05) is 42.6 Å². The largest absolute Gasteiger partial charge is 3.00 e. The molecule has 0 aliphatic carbocycles. The van der Waals surface area contributed by atoms with Crippen LogP contribution in [0.5, 0.6) is 0 Å². The number of rotatable bonds is 4. The van der Waals surface area contributed by atoms with Crippen molar-refractivity contribution in [2.24, 2.45) is 0 Å². The van der Waals surface area contributed by atoms with Gasteiger partial charge in [0.1, 0.15) is 0 Å². The van der Waals surface area contributed by atoms with Gasteiger partial charge in [-0.25, -0.2) is 0 Å². The van der Waals surface area contributed by atoms with Gasteiger partial charge in [0.2, 0.25) is 0 Å². The fraction of sp³-hybridized carbons (Fsp3) is 0. The van der Waals surface area contributed by atoms with Crippen LogP contribution < -0.4 is 0 Å². The van der Waals surface area contributed by atoms with Crippen molar-refractivity contribution in [2.75, 3.05) is 0 Å². The topological polar surface area (TPSA) is 51.6 Å². The van der Waals surface area contributed by atoms with Crippen LogP contribution in [0.4, 0.5) is 0 Å². The second-order valence-electron chi connectivity index (χ2n) is 12.8. The van der Waals surface area contributed by atoms with Crippen LogP contribution in [0.1, 0.15) is 0 Å². The number of benzene rings is 7. The summed E-state index contributed by atoms with van der Waals surface area (Å²) < 4.78 is 2.45. The Bertz CT molecular complexity index is 2750. The second-order valence-corrected chi connectivity index (χ2v) is 14.9. The molecule has 272 valence electrons. The Labute approximate surface area is 352 Å². The third-order valence-electron chi connectivity index (χ3n) is 9.26. The minimum Gasteiger partial charge on any atom is -0.285 e. The van der Waals surface area contributed by atoms with Gasteiger partial charge in [-0.15, -0.1) is 71.8 Å². The Morgan fingerprint density at radius 3 is 1.19 bits per heavy atom. The van der Waals surface area contributed by atoms with Crippen LogP contribution in [-0.2, 0) is 20.1 Å². The smallest absolute Gasteiger partial charge is 0.285 e. The number of nitrogens with zero attached hydrogens (tertiary/aromatic N) is 4. The third kappa shape index (κ3) is 8.34. The molecule has 11 aromatic rings. The Morgan fingerprint density at radius 2 is 0.789 bits per heavy atom. The van der Waals surface area contributed by atoms with E-state index in [4.69, 9.17) is 0 Å². The van der Waals surface area contributed by atoms with Crippen LogP contribution in [0, 0.1) is 12.1 Å². The molecule has 0 fully saturated rings. The van der Waals surface area contributed by atoms with Gasteiger partial charge in [0.05, 0.1) is 22.1 Å². The molecule has 57 heavy (non-hydrogen) atoms. The molecule has 0 saturated carbocycles. The van der Waals surface area contributed by atoms with Gasteiger partial charge in [-0.3, -0.25) is 19.9 Å². The number of hydrogen-bond donors (Lipinski definition) is 0. The molecule has 0 saturated heterocycles. The predicted octanol–water partition coefficient (Wildman–Crippen LogP) is 13.6. The monoisotopic (exact) mass is 945 g/mol. The Balaban J connectivity index is 0.000000126. The Morgan fingerprint density at radius 1 is 0.386 bits per heavy atom. The van der Waals surface area contributed by atoms with E-state index in [9.17, 15) is 0 Å². The van der Waals surface area contributed by atoms with Crippen LogP contribution in [0.15, 0.2) is 194 Å². The summed E-state index contributed by atoms with van der Waals surface area (Å²) in [5.74, 6) is 0. The Kier molecular flexibility index (Phi) is 11.7. The molecule has 0 N–H and O–H groups in total. The molecule has 0 amide bonds. The molecule has 0 radical (unpaired) electrons. The number of hydrogen-bond acceptors (Lipinski definition) is 6. The third-order valence-corrected chi connectivity index (χ3v) is 11.4. The molecule has 0 aliphatic rings. The average Bonchev–Trinajstić information content (AvgIpc) is 3.93. The maximum absolute atomic E-state index is 4.67. The van der Waals surface area contributed by atoms with Crippen LogP contribution in [0.3, 0.4) is 0 Å². The van der Waals surface area contributed by atoms with Gasteiger partial charge in [-0.1, -0.05) is 97.1 Å². The number of para-hydroxylation sites is 2. The molecular weight excluding hydrogens is 913 g/mol. The first-order valence-electron chi connectivity index (χ1n) is 18.2. The van der Waals surface area contributed by atoms with E-state index in [1.807, 2.05) is 109 Å². The van der Waals surface area contributed by atoms with Crippen molar-refractivity contribution in [3.8, 4) is 43.4 Å². The molecule has 7 aromatic carbocycles. The number of aromatic nitrogens is 4. The summed E-state index contributed by atoms with van der Waals surface area (Å²) in [4.78, 5) is 18.5. The number of pyridine rings is 2. The minimum absolute atomic E-state index is 0. The van der Waals surface area contributed by atoms with E-state index in [1.165, 1.54) is 31.7 Å². The zero-order chi connectivity index (χ0) is 37.5. The predicted molar refractivity (Wildman–Crippen MR) is 236 cm³/mol. The van der Waals surface area contributed by atoms with Gasteiger partial charge in [0.15, 0.2) is 0 Å². The quantitative estimate of drug-likeness (QED) is 0.130. The summed E-state index contributed by atoms with van der Waals surface area (Å²) in [7, 11) is 0. The molecule has 0 aliphatic heterocycles. The van der Waals surface area contributed by atoms with Crippen molar-refractivity contribution in [2.45, 2.75) is 0 Å². The van der Waals surface area contributed by atoms with Crippen molar-refractivity contribution in [1.82, 2.24) is 19.9 Å². The molecule has 4 heterocycles. The van der Waals surface area contributed by atoms with Crippen LogP contribution >= 0.6 is 22.7 Å². The van der Waals surface area contributed by atoms with E-state index >= 15 is 0 Å².